The Kier molecular flexibility index (Phi) is 220. The Bertz CT molecular complexity index is 8.00. The molecule has 0 spiro atoms. The number of hydrogen-bond acceptors (Lipinski definition) is 0. The summed E-state index contributed by atoms with van der Waals surface area (Å²) in [7, 11) is 0. The molecule has 4 heavy (non-hydrogen) atoms. The van der Waals surface area contributed by atoms with E-state index in [1.165, 1.54) is 0 Å². The van der Waals surface area contributed by atoms with Crippen molar-refractivity contribution < 1.29 is 55.6 Å². The van der Waals surface area contributed by atoms with E-state index in [1.54, 1.807) is 0 Å². The van der Waals surface area contributed by atoms with Gasteiger partial charge in [-0.2, -0.15) is 0 Å². The monoisotopic (exact) mass is 172 g/mol. The minimum absolute atomic E-state index is 0. The fraction of sp³-hybridized carbons (Fsp3) is 0. The van der Waals surface area contributed by atoms with Gasteiger partial charge in [-0.1, -0.05) is 0 Å². The minimum Gasteiger partial charge on any atom is 0 e. The molecule has 0 unspecified atom stereocenters. The van der Waals surface area contributed by atoms with Crippen molar-refractivity contribution in [1.82, 2.24) is 0 Å². The van der Waals surface area contributed by atoms with Gasteiger partial charge in [0, 0.05) is 55.6 Å². The van der Waals surface area contributed by atoms with Crippen molar-refractivity contribution in [3.05, 3.63) is 0 Å². The summed E-state index contributed by atoms with van der Waals surface area (Å²) in [6.45, 7) is 0. The summed E-state index contributed by atoms with van der Waals surface area (Å²) in [5, 5.41) is 0. The molecule has 0 radical (unpaired) electrons. The van der Waals surface area contributed by atoms with Gasteiger partial charge in [0.15, 0.2) is 0 Å². The van der Waals surface area contributed by atoms with Gasteiger partial charge in [0.1, 0.15) is 0 Å². The first-order chi connectivity index (χ1) is 0. The predicted molar refractivity (Wildman–Crippen MR) is 9.94 cm³/mol. The molecule has 0 atom stereocenters. The maximum absolute atomic E-state index is 0. The normalized spacial score (nSPS) is 0. The van der Waals surface area contributed by atoms with Crippen LogP contribution in [0, 0.1) is 0 Å². The van der Waals surface area contributed by atoms with Crippen molar-refractivity contribution in [2.45, 2.75) is 0 Å². The third kappa shape index (κ3) is 9.19. The van der Waals surface area contributed by atoms with Crippen LogP contribution in [0.15, 0.2) is 0 Å². The number of rotatable bonds is 0. The van der Waals surface area contributed by atoms with Crippen LogP contribution in [0.3, 0.4) is 0 Å². The van der Waals surface area contributed by atoms with E-state index in [1.807, 2.05) is 0 Å². The Morgan fingerprint density at radius 2 is 1.00 bits per heavy atom. The molecule has 0 aromatic heterocycles. The summed E-state index contributed by atoms with van der Waals surface area (Å²) >= 11 is 0. The zero-order chi connectivity index (χ0) is 0. The molecule has 0 aliphatic heterocycles. The number of hydrogen-bond donors (Lipinski definition) is 0. The largest absolute Gasteiger partial charge is 0.0814 e. The van der Waals surface area contributed by atoms with Crippen LogP contribution >= 0.6 is 0 Å². The molecule has 26 valence electrons. The van der Waals surface area contributed by atoms with E-state index in [0.717, 1.165) is 0 Å². The molecule has 0 aromatic rings. The summed E-state index contributed by atoms with van der Waals surface area (Å²) in [5.74, 6) is 0. The molecule has 0 aliphatic carbocycles. The smallest absolute Gasteiger partial charge is 0 e. The molecule has 0 bridgehead atoms. The van der Waals surface area contributed by atoms with Crippen LogP contribution in [0.4, 0.5) is 0 Å². The average Bonchev–Trinajstić information content (AvgIpc) is 0. The third-order valence-electron chi connectivity index (χ3n) is 0. The maximum Gasteiger partial charge on any atom is 0.0814 e. The van der Waals surface area contributed by atoms with Crippen molar-refractivity contribution >= 4 is 8.41 Å². The van der Waals surface area contributed by atoms with Gasteiger partial charge in [0.2, 0.25) is 0 Å². The molecule has 0 fully saturated rings. The Morgan fingerprint density at radius 3 is 1.00 bits per heavy atom. The fourth-order valence-electron chi connectivity index (χ4n) is 0. The average molecular weight is 172 g/mol. The second-order valence-electron chi connectivity index (χ2n) is 0. The first-order valence-corrected chi connectivity index (χ1v) is 0. The molecule has 0 aromatic carbocycles. The molecule has 0 nitrogen and oxygen atoms in total. The van der Waals surface area contributed by atoms with E-state index in [0.29, 0.717) is 0 Å². The predicted octanol–water partition coefficient (Wildman–Crippen LogP) is -1.19. The first kappa shape index (κ1) is 41.1. The van der Waals surface area contributed by atoms with Gasteiger partial charge in [-0.25, -0.2) is 0 Å². The zero-order valence-corrected chi connectivity index (χ0v) is 5.05. The van der Waals surface area contributed by atoms with E-state index in [9.17, 15) is 0 Å². The van der Waals surface area contributed by atoms with E-state index in [-0.39, 0.29) is 64.0 Å². The third-order valence-corrected chi connectivity index (χ3v) is 0. The van der Waals surface area contributed by atoms with Crippen LogP contribution in [-0.2, 0) is 55.6 Å². The van der Waals surface area contributed by atoms with Gasteiger partial charge in [-0.15, -0.1) is 0 Å². The van der Waals surface area contributed by atoms with Gasteiger partial charge >= 0.3 is 0 Å². The first-order valence-electron chi connectivity index (χ1n) is 0. The van der Waals surface area contributed by atoms with Crippen LogP contribution in [0.2, 0.25) is 0 Å². The van der Waals surface area contributed by atoms with Crippen molar-refractivity contribution in [3.8, 4) is 0 Å². The van der Waals surface area contributed by atoms with E-state index >= 15 is 0 Å². The summed E-state index contributed by atoms with van der Waals surface area (Å²) in [6.07, 6.45) is 0. The van der Waals surface area contributed by atoms with Gasteiger partial charge in [0.05, 0.1) is 8.41 Å². The van der Waals surface area contributed by atoms with Crippen LogP contribution < -0.4 is 0 Å². The summed E-state index contributed by atoms with van der Waals surface area (Å²) in [4.78, 5) is 0. The van der Waals surface area contributed by atoms with E-state index < -0.39 is 0 Å². The van der Waals surface area contributed by atoms with Gasteiger partial charge < -0.3 is 0 Å². The van der Waals surface area contributed by atoms with Crippen LogP contribution in [0.25, 0.3) is 0 Å². The van der Waals surface area contributed by atoms with E-state index in [4.69, 9.17) is 0 Å². The fourth-order valence-corrected chi connectivity index (χ4v) is 0. The zero-order valence-electron chi connectivity index (χ0n) is 1.22. The second-order valence-corrected chi connectivity index (χ2v) is 0. The molecule has 0 saturated heterocycles. The molecule has 0 amide bonds. The van der Waals surface area contributed by atoms with Crippen LogP contribution in [0.5, 0.6) is 0 Å². The Hall–Kier alpha value is 1.81. The molecular weight excluding hydrogens is 169 g/mol. The van der Waals surface area contributed by atoms with Crippen molar-refractivity contribution in [2.24, 2.45) is 0 Å². The van der Waals surface area contributed by atoms with Crippen LogP contribution in [-0.4, -0.2) is 8.41 Å². The molecule has 0 aliphatic rings. The second kappa shape index (κ2) is 21.4. The van der Waals surface area contributed by atoms with Crippen molar-refractivity contribution in [2.75, 3.05) is 0 Å². The van der Waals surface area contributed by atoms with Crippen molar-refractivity contribution in [3.63, 3.8) is 0 Å². The quantitative estimate of drug-likeness (QED) is 0.403. The Morgan fingerprint density at radius 1 is 1.00 bits per heavy atom. The van der Waals surface area contributed by atoms with Crippen LogP contribution in [0.1, 0.15) is 0 Å². The topological polar surface area (TPSA) is 0 Å². The van der Waals surface area contributed by atoms with Crippen molar-refractivity contribution in [1.29, 1.82) is 0 Å². The summed E-state index contributed by atoms with van der Waals surface area (Å²) in [6, 6.07) is 0. The molecule has 0 saturated carbocycles. The molecule has 0 rings (SSSR count). The summed E-state index contributed by atoms with van der Waals surface area (Å²) < 4.78 is 0. The molecule has 0 N–H and O–H groups in total. The minimum atomic E-state index is 0. The SMILES string of the molecule is B.[Cr].[Ni].[Ti]. The standard InChI is InChI=1S/BH3.Cr.Ni.Ti/h1H3;;;. The van der Waals surface area contributed by atoms with E-state index in [2.05, 4.69) is 0 Å². The molecular formula is H3BCrNiTi. The molecule has 4 heteroatoms. The van der Waals surface area contributed by atoms with Gasteiger partial charge in [-0.3, -0.25) is 0 Å². The Labute approximate surface area is 63.6 Å². The van der Waals surface area contributed by atoms with Gasteiger partial charge in [0.25, 0.3) is 0 Å². The Balaban J connectivity index is 0. The molecule has 0 heterocycles. The van der Waals surface area contributed by atoms with Gasteiger partial charge in [-0.05, 0) is 0 Å². The summed E-state index contributed by atoms with van der Waals surface area (Å²) in [5.41, 5.74) is 0. The maximum atomic E-state index is 0.